The van der Waals surface area contributed by atoms with E-state index in [9.17, 15) is 10.1 Å². The van der Waals surface area contributed by atoms with Crippen molar-refractivity contribution in [1.29, 1.82) is 0 Å². The number of nitrogens with zero attached hydrogens (tertiary/aromatic N) is 1. The van der Waals surface area contributed by atoms with Crippen molar-refractivity contribution < 1.29 is 4.92 Å². The molecule has 0 spiro atoms. The predicted molar refractivity (Wildman–Crippen MR) is 64.5 cm³/mol. The van der Waals surface area contributed by atoms with Crippen LogP contribution >= 0.6 is 46.4 Å². The van der Waals surface area contributed by atoms with Crippen molar-refractivity contribution in [3.05, 3.63) is 39.4 Å². The van der Waals surface area contributed by atoms with Gasteiger partial charge in [0, 0.05) is 24.1 Å². The molecule has 0 fully saturated rings. The lowest BCUT2D eigenvalue weighted by Gasteiger charge is -2.14. The molecule has 0 heterocycles. The Morgan fingerprint density at radius 1 is 1.12 bits per heavy atom. The molecule has 2 rings (SSSR count). The third-order valence-corrected chi connectivity index (χ3v) is 3.80. The second kappa shape index (κ2) is 3.64. The van der Waals surface area contributed by atoms with Crippen molar-refractivity contribution in [1.82, 2.24) is 0 Å². The van der Waals surface area contributed by atoms with Crippen LogP contribution in [0.4, 0.5) is 5.69 Å². The highest BCUT2D eigenvalue weighted by molar-refractivity contribution is 6.54. The van der Waals surface area contributed by atoms with Crippen molar-refractivity contribution in [2.45, 2.75) is 15.1 Å². The average molecular weight is 301 g/mol. The molecule has 0 N–H and O–H groups in total. The molecule has 0 unspecified atom stereocenters. The summed E-state index contributed by atoms with van der Waals surface area (Å²) in [5, 5.41) is 10.6. The van der Waals surface area contributed by atoms with Gasteiger partial charge in [0.1, 0.15) is 8.67 Å². The van der Waals surface area contributed by atoms with Crippen LogP contribution in [-0.4, -0.2) is 4.92 Å². The zero-order valence-electron chi connectivity index (χ0n) is 7.71. The quantitative estimate of drug-likeness (QED) is 0.442. The normalized spacial score (nSPS) is 20.5. The second-order valence-electron chi connectivity index (χ2n) is 3.57. The third kappa shape index (κ3) is 1.86. The van der Waals surface area contributed by atoms with Crippen LogP contribution in [0.2, 0.25) is 0 Å². The lowest BCUT2D eigenvalue weighted by molar-refractivity contribution is -0.384. The number of rotatable bonds is 1. The van der Waals surface area contributed by atoms with Crippen LogP contribution in [-0.2, 0) is 8.67 Å². The molecule has 1 aliphatic carbocycles. The standard InChI is InChI=1S/C9H5Cl4NO2/c10-8(11)4-9(12,13)7-3-5(14(15)16)1-2-6(7)8/h1-3H,4H2. The number of hydrogen-bond acceptors (Lipinski definition) is 2. The Kier molecular flexibility index (Phi) is 2.78. The van der Waals surface area contributed by atoms with Crippen LogP contribution in [0.1, 0.15) is 17.5 Å². The van der Waals surface area contributed by atoms with Gasteiger partial charge in [-0.1, -0.05) is 46.4 Å². The van der Waals surface area contributed by atoms with E-state index in [-0.39, 0.29) is 12.1 Å². The molecule has 0 aliphatic heterocycles. The van der Waals surface area contributed by atoms with Crippen LogP contribution < -0.4 is 0 Å². The fourth-order valence-electron chi connectivity index (χ4n) is 1.74. The smallest absolute Gasteiger partial charge is 0.258 e. The minimum Gasteiger partial charge on any atom is -0.258 e. The fourth-order valence-corrected chi connectivity index (χ4v) is 3.45. The van der Waals surface area contributed by atoms with Gasteiger partial charge in [0.2, 0.25) is 0 Å². The maximum atomic E-state index is 10.6. The minimum atomic E-state index is -1.29. The summed E-state index contributed by atoms with van der Waals surface area (Å²) in [6.07, 6.45) is 0.0999. The van der Waals surface area contributed by atoms with E-state index in [2.05, 4.69) is 0 Å². The minimum absolute atomic E-state index is 0.0875. The third-order valence-electron chi connectivity index (χ3n) is 2.45. The molecule has 0 bridgehead atoms. The predicted octanol–water partition coefficient (Wildman–Crippen LogP) is 4.26. The van der Waals surface area contributed by atoms with Gasteiger partial charge in [-0.3, -0.25) is 10.1 Å². The first-order valence-electron chi connectivity index (χ1n) is 4.29. The summed E-state index contributed by atoms with van der Waals surface area (Å²) < 4.78 is -2.49. The molecular weight excluding hydrogens is 296 g/mol. The molecule has 0 saturated heterocycles. The van der Waals surface area contributed by atoms with Crippen LogP contribution in [0.3, 0.4) is 0 Å². The molecule has 86 valence electrons. The number of non-ortho nitro benzene ring substituents is 1. The molecule has 0 aromatic heterocycles. The largest absolute Gasteiger partial charge is 0.269 e. The number of fused-ring (bicyclic) bond motifs is 1. The van der Waals surface area contributed by atoms with Crippen LogP contribution in [0, 0.1) is 10.1 Å². The topological polar surface area (TPSA) is 43.1 Å². The lowest BCUT2D eigenvalue weighted by atomic mass is 10.1. The highest BCUT2D eigenvalue weighted by Gasteiger charge is 2.49. The van der Waals surface area contributed by atoms with Gasteiger partial charge in [-0.25, -0.2) is 0 Å². The first-order valence-corrected chi connectivity index (χ1v) is 5.80. The summed E-state index contributed by atoms with van der Waals surface area (Å²) in [6, 6.07) is 4.12. The molecule has 1 aromatic rings. The van der Waals surface area contributed by atoms with Crippen LogP contribution in [0.15, 0.2) is 18.2 Å². The molecule has 0 atom stereocenters. The van der Waals surface area contributed by atoms with Gasteiger partial charge in [-0.05, 0) is 11.6 Å². The van der Waals surface area contributed by atoms with E-state index >= 15 is 0 Å². The van der Waals surface area contributed by atoms with E-state index in [0.29, 0.717) is 11.1 Å². The second-order valence-corrected chi connectivity index (χ2v) is 6.54. The zero-order chi connectivity index (χ0) is 12.1. The molecular formula is C9H5Cl4NO2. The number of alkyl halides is 4. The Morgan fingerprint density at radius 2 is 1.69 bits per heavy atom. The van der Waals surface area contributed by atoms with Crippen LogP contribution in [0.25, 0.3) is 0 Å². The van der Waals surface area contributed by atoms with Gasteiger partial charge in [0.25, 0.3) is 5.69 Å². The van der Waals surface area contributed by atoms with Gasteiger partial charge in [0.15, 0.2) is 0 Å². The molecule has 0 saturated carbocycles. The molecule has 3 nitrogen and oxygen atoms in total. The summed E-state index contributed by atoms with van der Waals surface area (Å²) in [6.45, 7) is 0. The van der Waals surface area contributed by atoms with Gasteiger partial charge < -0.3 is 0 Å². The van der Waals surface area contributed by atoms with Gasteiger partial charge in [-0.15, -0.1) is 0 Å². The van der Waals surface area contributed by atoms with Crippen molar-refractivity contribution >= 4 is 52.1 Å². The van der Waals surface area contributed by atoms with Crippen molar-refractivity contribution in [2.24, 2.45) is 0 Å². The summed E-state index contributed by atoms with van der Waals surface area (Å²) in [5.74, 6) is 0. The highest BCUT2D eigenvalue weighted by atomic mass is 35.5. The monoisotopic (exact) mass is 299 g/mol. The SMILES string of the molecule is O=[N+]([O-])c1ccc2c(c1)C(Cl)(Cl)CC2(Cl)Cl. The Hall–Kier alpha value is -0.220. The number of hydrogen-bond donors (Lipinski definition) is 0. The molecule has 1 aromatic carbocycles. The molecule has 0 amide bonds. The maximum Gasteiger partial charge on any atom is 0.269 e. The first-order chi connectivity index (χ1) is 7.24. The average Bonchev–Trinajstić information content (AvgIpc) is 2.32. The van der Waals surface area contributed by atoms with E-state index < -0.39 is 13.6 Å². The summed E-state index contributed by atoms with van der Waals surface area (Å²) in [5.41, 5.74) is 0.830. The number of halogens is 4. The number of nitro groups is 1. The van der Waals surface area contributed by atoms with E-state index in [1.165, 1.54) is 18.2 Å². The molecule has 7 heteroatoms. The molecule has 1 aliphatic rings. The van der Waals surface area contributed by atoms with Gasteiger partial charge in [0.05, 0.1) is 4.92 Å². The van der Waals surface area contributed by atoms with Crippen molar-refractivity contribution in [3.63, 3.8) is 0 Å². The van der Waals surface area contributed by atoms with Crippen molar-refractivity contribution in [2.75, 3.05) is 0 Å². The summed E-state index contributed by atoms with van der Waals surface area (Å²) in [4.78, 5) is 10.1. The molecule has 0 radical (unpaired) electrons. The fraction of sp³-hybridized carbons (Fsp3) is 0.333. The Balaban J connectivity index is 2.63. The number of nitro benzene ring substituents is 1. The summed E-state index contributed by atoms with van der Waals surface area (Å²) in [7, 11) is 0. The summed E-state index contributed by atoms with van der Waals surface area (Å²) >= 11 is 24.1. The Bertz CT molecular complexity index is 473. The molecule has 16 heavy (non-hydrogen) atoms. The number of benzene rings is 1. The lowest BCUT2D eigenvalue weighted by Crippen LogP contribution is -2.08. The maximum absolute atomic E-state index is 10.6. The van der Waals surface area contributed by atoms with E-state index in [1.807, 2.05) is 0 Å². The van der Waals surface area contributed by atoms with E-state index in [1.54, 1.807) is 0 Å². The van der Waals surface area contributed by atoms with Crippen LogP contribution in [0.5, 0.6) is 0 Å². The van der Waals surface area contributed by atoms with Gasteiger partial charge in [-0.2, -0.15) is 0 Å². The zero-order valence-corrected chi connectivity index (χ0v) is 10.7. The van der Waals surface area contributed by atoms with Gasteiger partial charge >= 0.3 is 0 Å². The van der Waals surface area contributed by atoms with Crippen molar-refractivity contribution in [3.8, 4) is 0 Å². The highest BCUT2D eigenvalue weighted by Crippen LogP contribution is 2.58. The Labute approximate surface area is 111 Å². The van der Waals surface area contributed by atoms with E-state index in [4.69, 9.17) is 46.4 Å². The van der Waals surface area contributed by atoms with E-state index in [0.717, 1.165) is 0 Å². The Morgan fingerprint density at radius 3 is 2.25 bits per heavy atom. The first kappa shape index (κ1) is 12.2.